The number of benzene rings is 1. The Labute approximate surface area is 107 Å². The summed E-state index contributed by atoms with van der Waals surface area (Å²) in [6.45, 7) is 3.54. The van der Waals surface area contributed by atoms with Gasteiger partial charge in [0.15, 0.2) is 0 Å². The van der Waals surface area contributed by atoms with Crippen LogP contribution in [0.3, 0.4) is 0 Å². The number of aryl methyl sites for hydroxylation is 1. The maximum absolute atomic E-state index is 11.3. The van der Waals surface area contributed by atoms with E-state index < -0.39 is 0 Å². The van der Waals surface area contributed by atoms with Crippen molar-refractivity contribution in [3.63, 3.8) is 0 Å². The van der Waals surface area contributed by atoms with E-state index in [0.717, 1.165) is 18.8 Å². The van der Waals surface area contributed by atoms with E-state index in [9.17, 15) is 4.79 Å². The number of hydrogen-bond donors (Lipinski definition) is 2. The molecule has 0 radical (unpaired) electrons. The average molecular weight is 252 g/mol. The molecule has 0 spiro atoms. The lowest BCUT2D eigenvalue weighted by molar-refractivity contribution is -0.120. The molecule has 1 amide bonds. The largest absolute Gasteiger partial charge is 0.355 e. The summed E-state index contributed by atoms with van der Waals surface area (Å²) in [4.78, 5) is 12.5. The molecule has 17 heavy (non-hydrogen) atoms. The highest BCUT2D eigenvalue weighted by Gasteiger charge is 1.99. The first kappa shape index (κ1) is 14.1. The summed E-state index contributed by atoms with van der Waals surface area (Å²) in [5.74, 6) is 1.03. The van der Waals surface area contributed by atoms with Crippen molar-refractivity contribution in [3.05, 3.63) is 29.8 Å². The number of nitrogens with one attached hydrogen (secondary N) is 2. The highest BCUT2D eigenvalue weighted by molar-refractivity contribution is 7.99. The topological polar surface area (TPSA) is 41.1 Å². The maximum Gasteiger partial charge on any atom is 0.221 e. The summed E-state index contributed by atoms with van der Waals surface area (Å²) in [5, 5.41) is 5.85. The Morgan fingerprint density at radius 1 is 1.24 bits per heavy atom. The third-order valence-electron chi connectivity index (χ3n) is 2.32. The van der Waals surface area contributed by atoms with Crippen molar-refractivity contribution in [1.82, 2.24) is 10.6 Å². The molecule has 0 aromatic heterocycles. The fraction of sp³-hybridized carbons (Fsp3) is 0.462. The van der Waals surface area contributed by atoms with Crippen molar-refractivity contribution in [2.45, 2.75) is 18.2 Å². The van der Waals surface area contributed by atoms with Gasteiger partial charge in [0.25, 0.3) is 0 Å². The van der Waals surface area contributed by atoms with Crippen LogP contribution in [-0.4, -0.2) is 31.8 Å². The van der Waals surface area contributed by atoms with Gasteiger partial charge in [-0.1, -0.05) is 17.7 Å². The van der Waals surface area contributed by atoms with Gasteiger partial charge in [-0.3, -0.25) is 4.79 Å². The zero-order valence-corrected chi connectivity index (χ0v) is 11.3. The average Bonchev–Trinajstić information content (AvgIpc) is 2.34. The van der Waals surface area contributed by atoms with Crippen LogP contribution >= 0.6 is 11.8 Å². The van der Waals surface area contributed by atoms with Crippen LogP contribution in [0.1, 0.15) is 12.0 Å². The molecule has 1 rings (SSSR count). The lowest BCUT2D eigenvalue weighted by Gasteiger charge is -2.05. The maximum atomic E-state index is 11.3. The Balaban J connectivity index is 2.11. The highest BCUT2D eigenvalue weighted by atomic mass is 32.2. The zero-order chi connectivity index (χ0) is 12.5. The Hall–Kier alpha value is -1.00. The van der Waals surface area contributed by atoms with Gasteiger partial charge in [0.1, 0.15) is 0 Å². The molecule has 0 saturated carbocycles. The molecule has 0 fully saturated rings. The molecule has 0 aliphatic heterocycles. The Kier molecular flexibility index (Phi) is 6.74. The van der Waals surface area contributed by atoms with Gasteiger partial charge in [-0.25, -0.2) is 0 Å². The van der Waals surface area contributed by atoms with Crippen molar-refractivity contribution in [2.75, 3.05) is 25.9 Å². The molecule has 0 heterocycles. The lowest BCUT2D eigenvalue weighted by atomic mass is 10.2. The van der Waals surface area contributed by atoms with E-state index in [1.165, 1.54) is 10.5 Å². The highest BCUT2D eigenvalue weighted by Crippen LogP contribution is 2.17. The molecule has 0 bridgehead atoms. The second-order valence-electron chi connectivity index (χ2n) is 3.87. The van der Waals surface area contributed by atoms with Crippen molar-refractivity contribution in [1.29, 1.82) is 0 Å². The molecule has 3 nitrogen and oxygen atoms in total. The van der Waals surface area contributed by atoms with E-state index in [-0.39, 0.29) is 5.91 Å². The number of hydrogen-bond acceptors (Lipinski definition) is 3. The number of amides is 1. The molecule has 0 unspecified atom stereocenters. The SMILES string of the molecule is CNCCC(=O)NCCSc1ccc(C)cc1. The van der Waals surface area contributed by atoms with E-state index in [1.54, 1.807) is 11.8 Å². The van der Waals surface area contributed by atoms with Crippen LogP contribution in [0.4, 0.5) is 0 Å². The fourth-order valence-corrected chi connectivity index (χ4v) is 2.09. The monoisotopic (exact) mass is 252 g/mol. The Morgan fingerprint density at radius 2 is 1.94 bits per heavy atom. The molecule has 1 aromatic carbocycles. The van der Waals surface area contributed by atoms with Crippen molar-refractivity contribution in [3.8, 4) is 0 Å². The van der Waals surface area contributed by atoms with Gasteiger partial charge in [0.05, 0.1) is 0 Å². The van der Waals surface area contributed by atoms with Gasteiger partial charge in [0, 0.05) is 30.2 Å². The normalized spacial score (nSPS) is 10.2. The molecule has 0 aliphatic carbocycles. The van der Waals surface area contributed by atoms with Gasteiger partial charge < -0.3 is 10.6 Å². The molecule has 0 atom stereocenters. The number of carbonyl (C=O) groups is 1. The van der Waals surface area contributed by atoms with Gasteiger partial charge in [-0.2, -0.15) is 0 Å². The minimum atomic E-state index is 0.115. The van der Waals surface area contributed by atoms with Crippen LogP contribution < -0.4 is 10.6 Å². The van der Waals surface area contributed by atoms with Crippen LogP contribution in [0, 0.1) is 6.92 Å². The van der Waals surface area contributed by atoms with Crippen molar-refractivity contribution >= 4 is 17.7 Å². The van der Waals surface area contributed by atoms with Crippen molar-refractivity contribution < 1.29 is 4.79 Å². The van der Waals surface area contributed by atoms with Gasteiger partial charge in [-0.05, 0) is 26.1 Å². The standard InChI is InChI=1S/C13H20N2OS/c1-11-3-5-12(6-4-11)17-10-9-15-13(16)7-8-14-2/h3-6,14H,7-10H2,1-2H3,(H,15,16). The lowest BCUT2D eigenvalue weighted by Crippen LogP contribution is -2.28. The number of rotatable bonds is 7. The molecule has 4 heteroatoms. The summed E-state index contributed by atoms with van der Waals surface area (Å²) in [5.41, 5.74) is 1.27. The second kappa shape index (κ2) is 8.14. The predicted octanol–water partition coefficient (Wildman–Crippen LogP) is 1.81. The fourth-order valence-electron chi connectivity index (χ4n) is 1.32. The minimum Gasteiger partial charge on any atom is -0.355 e. The van der Waals surface area contributed by atoms with Crippen LogP contribution in [0.5, 0.6) is 0 Å². The molecule has 0 saturated heterocycles. The summed E-state index contributed by atoms with van der Waals surface area (Å²) in [7, 11) is 1.85. The summed E-state index contributed by atoms with van der Waals surface area (Å²) >= 11 is 1.76. The van der Waals surface area contributed by atoms with Crippen LogP contribution in [0.15, 0.2) is 29.2 Å². The number of carbonyl (C=O) groups excluding carboxylic acids is 1. The third-order valence-corrected chi connectivity index (χ3v) is 3.33. The van der Waals surface area contributed by atoms with Gasteiger partial charge in [-0.15, -0.1) is 11.8 Å². The molecular weight excluding hydrogens is 232 g/mol. The van der Waals surface area contributed by atoms with E-state index in [0.29, 0.717) is 6.42 Å². The van der Waals surface area contributed by atoms with Crippen LogP contribution in [0.25, 0.3) is 0 Å². The third kappa shape index (κ3) is 6.34. The smallest absolute Gasteiger partial charge is 0.221 e. The Morgan fingerprint density at radius 3 is 2.59 bits per heavy atom. The molecule has 1 aromatic rings. The van der Waals surface area contributed by atoms with Crippen molar-refractivity contribution in [2.24, 2.45) is 0 Å². The van der Waals surface area contributed by atoms with Gasteiger partial charge in [0.2, 0.25) is 5.91 Å². The van der Waals surface area contributed by atoms with E-state index in [1.807, 2.05) is 7.05 Å². The minimum absolute atomic E-state index is 0.115. The summed E-state index contributed by atoms with van der Waals surface area (Å²) in [6, 6.07) is 8.44. The molecule has 2 N–H and O–H groups in total. The van der Waals surface area contributed by atoms with E-state index in [4.69, 9.17) is 0 Å². The first-order chi connectivity index (χ1) is 8.22. The van der Waals surface area contributed by atoms with E-state index >= 15 is 0 Å². The Bertz CT molecular complexity index is 338. The summed E-state index contributed by atoms with van der Waals surface area (Å²) in [6.07, 6.45) is 0.547. The molecular formula is C13H20N2OS. The molecule has 0 aliphatic rings. The van der Waals surface area contributed by atoms with Gasteiger partial charge >= 0.3 is 0 Å². The van der Waals surface area contributed by atoms with E-state index in [2.05, 4.69) is 41.8 Å². The quantitative estimate of drug-likeness (QED) is 0.574. The van der Waals surface area contributed by atoms with Crippen LogP contribution in [0.2, 0.25) is 0 Å². The summed E-state index contributed by atoms with van der Waals surface area (Å²) < 4.78 is 0. The second-order valence-corrected chi connectivity index (χ2v) is 5.03. The van der Waals surface area contributed by atoms with Crippen LogP contribution in [-0.2, 0) is 4.79 Å². The molecule has 94 valence electrons. The predicted molar refractivity (Wildman–Crippen MR) is 73.5 cm³/mol. The first-order valence-electron chi connectivity index (χ1n) is 5.83. The number of thioether (sulfide) groups is 1. The first-order valence-corrected chi connectivity index (χ1v) is 6.81. The zero-order valence-electron chi connectivity index (χ0n) is 10.5.